The quantitative estimate of drug-likeness (QED) is 0.614. The molecule has 92 valence electrons. The Morgan fingerprint density at radius 3 is 2.65 bits per heavy atom. The van der Waals surface area contributed by atoms with E-state index in [9.17, 15) is 0 Å². The number of hydrogen-bond donors (Lipinski definition) is 0. The number of ether oxygens (including phenoxy) is 2. The van der Waals surface area contributed by atoms with Crippen molar-refractivity contribution in [3.8, 4) is 11.8 Å². The Bertz CT molecular complexity index is 421. The molecular weight excluding hydrogens is 259 g/mol. The Kier molecular flexibility index (Phi) is 6.39. The fraction of sp³-hybridized carbons (Fsp3) is 0.385. The van der Waals surface area contributed by atoms with Crippen LogP contribution in [0.2, 0.25) is 10.0 Å². The van der Waals surface area contributed by atoms with E-state index in [1.165, 1.54) is 0 Å². The van der Waals surface area contributed by atoms with Gasteiger partial charge < -0.3 is 9.47 Å². The fourth-order valence-electron chi connectivity index (χ4n) is 1.15. The van der Waals surface area contributed by atoms with Crippen LogP contribution in [0.1, 0.15) is 19.4 Å². The number of benzene rings is 1. The summed E-state index contributed by atoms with van der Waals surface area (Å²) in [5, 5.41) is 1.03. The van der Waals surface area contributed by atoms with E-state index in [2.05, 4.69) is 11.8 Å². The third-order valence-electron chi connectivity index (χ3n) is 1.94. The van der Waals surface area contributed by atoms with Crippen LogP contribution in [-0.2, 0) is 9.47 Å². The van der Waals surface area contributed by atoms with E-state index in [1.807, 2.05) is 19.9 Å². The lowest BCUT2D eigenvalue weighted by Crippen LogP contribution is -2.12. The van der Waals surface area contributed by atoms with Crippen molar-refractivity contribution in [3.63, 3.8) is 0 Å². The van der Waals surface area contributed by atoms with Gasteiger partial charge in [-0.05, 0) is 32.0 Å². The van der Waals surface area contributed by atoms with Crippen LogP contribution in [0.4, 0.5) is 0 Å². The smallest absolute Gasteiger partial charge is 0.156 e. The van der Waals surface area contributed by atoms with Gasteiger partial charge in [-0.1, -0.05) is 35.0 Å². The van der Waals surface area contributed by atoms with E-state index < -0.39 is 0 Å². The summed E-state index contributed by atoms with van der Waals surface area (Å²) < 4.78 is 10.5. The molecule has 1 rings (SSSR count). The van der Waals surface area contributed by atoms with Gasteiger partial charge in [0.15, 0.2) is 6.29 Å². The molecule has 0 amide bonds. The van der Waals surface area contributed by atoms with Crippen LogP contribution in [0.3, 0.4) is 0 Å². The second-order valence-corrected chi connectivity index (χ2v) is 4.08. The summed E-state index contributed by atoms with van der Waals surface area (Å²) in [4.78, 5) is 0. The van der Waals surface area contributed by atoms with E-state index in [4.69, 9.17) is 32.7 Å². The zero-order valence-electron chi connectivity index (χ0n) is 9.80. The fourth-order valence-corrected chi connectivity index (χ4v) is 1.45. The summed E-state index contributed by atoms with van der Waals surface area (Å²) in [6, 6.07) is 5.26. The maximum atomic E-state index is 5.87. The maximum Gasteiger partial charge on any atom is 0.156 e. The van der Waals surface area contributed by atoms with Crippen LogP contribution >= 0.6 is 23.2 Å². The van der Waals surface area contributed by atoms with Crippen molar-refractivity contribution < 1.29 is 9.47 Å². The van der Waals surface area contributed by atoms with Gasteiger partial charge in [-0.15, -0.1) is 0 Å². The second kappa shape index (κ2) is 7.58. The van der Waals surface area contributed by atoms with Gasteiger partial charge in [-0.25, -0.2) is 0 Å². The molecule has 0 radical (unpaired) electrons. The minimum Gasteiger partial charge on any atom is -0.353 e. The molecule has 0 heterocycles. The summed E-state index contributed by atoms with van der Waals surface area (Å²) in [5.41, 5.74) is 0.812. The van der Waals surface area contributed by atoms with Crippen molar-refractivity contribution in [2.75, 3.05) is 13.2 Å². The number of rotatable bonds is 4. The van der Waals surface area contributed by atoms with Crippen LogP contribution < -0.4 is 0 Å². The molecule has 0 aromatic heterocycles. The molecule has 0 aliphatic heterocycles. The molecule has 17 heavy (non-hydrogen) atoms. The van der Waals surface area contributed by atoms with Crippen molar-refractivity contribution in [1.82, 2.24) is 0 Å². The topological polar surface area (TPSA) is 18.5 Å². The van der Waals surface area contributed by atoms with Gasteiger partial charge in [0.05, 0.1) is 10.0 Å². The first-order valence-corrected chi connectivity index (χ1v) is 6.06. The first-order chi connectivity index (χ1) is 8.13. The highest BCUT2D eigenvalue weighted by Gasteiger charge is 1.98. The molecule has 0 fully saturated rings. The maximum absolute atomic E-state index is 5.87. The van der Waals surface area contributed by atoms with E-state index >= 15 is 0 Å². The third kappa shape index (κ3) is 5.43. The Hall–Kier alpha value is -0.720. The first-order valence-electron chi connectivity index (χ1n) is 5.30. The van der Waals surface area contributed by atoms with E-state index in [1.54, 1.807) is 12.1 Å². The Labute approximate surface area is 112 Å². The zero-order chi connectivity index (χ0) is 12.7. The van der Waals surface area contributed by atoms with Crippen LogP contribution in [-0.4, -0.2) is 19.5 Å². The van der Waals surface area contributed by atoms with Gasteiger partial charge in [0, 0.05) is 12.2 Å². The lowest BCUT2D eigenvalue weighted by Gasteiger charge is -2.09. The molecule has 1 aromatic rings. The normalized spacial score (nSPS) is 11.8. The zero-order valence-corrected chi connectivity index (χ0v) is 11.3. The molecule has 4 heteroatoms. The largest absolute Gasteiger partial charge is 0.353 e. The molecule has 0 aliphatic rings. The Morgan fingerprint density at radius 2 is 2.00 bits per heavy atom. The molecule has 1 atom stereocenters. The van der Waals surface area contributed by atoms with Gasteiger partial charge in [-0.3, -0.25) is 0 Å². The van der Waals surface area contributed by atoms with E-state index in [0.717, 1.165) is 5.56 Å². The predicted octanol–water partition coefficient (Wildman–Crippen LogP) is 3.74. The van der Waals surface area contributed by atoms with Gasteiger partial charge in [0.1, 0.15) is 6.61 Å². The molecule has 1 unspecified atom stereocenters. The average molecular weight is 273 g/mol. The average Bonchev–Trinajstić information content (AvgIpc) is 2.29. The third-order valence-corrected chi connectivity index (χ3v) is 2.68. The van der Waals surface area contributed by atoms with Gasteiger partial charge in [0.25, 0.3) is 0 Å². The minimum absolute atomic E-state index is 0.233. The van der Waals surface area contributed by atoms with Gasteiger partial charge in [0.2, 0.25) is 0 Å². The molecular formula is C13H14Cl2O2. The van der Waals surface area contributed by atoms with Crippen molar-refractivity contribution in [2.24, 2.45) is 0 Å². The lowest BCUT2D eigenvalue weighted by atomic mass is 10.2. The van der Waals surface area contributed by atoms with Crippen LogP contribution in [0, 0.1) is 11.8 Å². The Morgan fingerprint density at radius 1 is 1.24 bits per heavy atom. The SMILES string of the molecule is CCOC(C)OCC#Cc1ccc(Cl)c(Cl)c1. The van der Waals surface area contributed by atoms with E-state index in [-0.39, 0.29) is 6.29 Å². The lowest BCUT2D eigenvalue weighted by molar-refractivity contribution is -0.117. The van der Waals surface area contributed by atoms with Crippen molar-refractivity contribution in [1.29, 1.82) is 0 Å². The number of hydrogen-bond acceptors (Lipinski definition) is 2. The van der Waals surface area contributed by atoms with Crippen LogP contribution in [0.5, 0.6) is 0 Å². The molecule has 0 aliphatic carbocycles. The summed E-state index contributed by atoms with van der Waals surface area (Å²) >= 11 is 11.7. The molecule has 0 bridgehead atoms. The summed E-state index contributed by atoms with van der Waals surface area (Å²) in [6.45, 7) is 4.70. The summed E-state index contributed by atoms with van der Waals surface area (Å²) in [5.74, 6) is 5.82. The highest BCUT2D eigenvalue weighted by molar-refractivity contribution is 6.42. The molecule has 0 saturated carbocycles. The summed E-state index contributed by atoms with van der Waals surface area (Å²) in [7, 11) is 0. The van der Waals surface area contributed by atoms with Gasteiger partial charge in [-0.2, -0.15) is 0 Å². The minimum atomic E-state index is -0.233. The Balaban J connectivity index is 2.46. The van der Waals surface area contributed by atoms with Crippen LogP contribution in [0.15, 0.2) is 18.2 Å². The second-order valence-electron chi connectivity index (χ2n) is 3.26. The van der Waals surface area contributed by atoms with Crippen molar-refractivity contribution >= 4 is 23.2 Å². The molecule has 1 aromatic carbocycles. The van der Waals surface area contributed by atoms with Crippen molar-refractivity contribution in [3.05, 3.63) is 33.8 Å². The van der Waals surface area contributed by atoms with Gasteiger partial charge >= 0.3 is 0 Å². The molecule has 0 spiro atoms. The molecule has 0 N–H and O–H groups in total. The van der Waals surface area contributed by atoms with Crippen molar-refractivity contribution in [2.45, 2.75) is 20.1 Å². The summed E-state index contributed by atoms with van der Waals surface area (Å²) in [6.07, 6.45) is -0.233. The highest BCUT2D eigenvalue weighted by atomic mass is 35.5. The first kappa shape index (κ1) is 14.3. The monoisotopic (exact) mass is 272 g/mol. The standard InChI is InChI=1S/C13H14Cl2O2/c1-3-16-10(2)17-8-4-5-11-6-7-12(14)13(15)9-11/h6-7,9-10H,3,8H2,1-2H3. The predicted molar refractivity (Wildman–Crippen MR) is 70.4 cm³/mol. The van der Waals surface area contributed by atoms with E-state index in [0.29, 0.717) is 23.3 Å². The highest BCUT2D eigenvalue weighted by Crippen LogP contribution is 2.21. The molecule has 0 saturated heterocycles. The molecule has 2 nitrogen and oxygen atoms in total. The number of halogens is 2. The van der Waals surface area contributed by atoms with Crippen LogP contribution in [0.25, 0.3) is 0 Å².